The van der Waals surface area contributed by atoms with E-state index in [2.05, 4.69) is 27.8 Å². The van der Waals surface area contributed by atoms with Crippen molar-refractivity contribution < 1.29 is 24.2 Å². The Morgan fingerprint density at radius 3 is 2.18 bits per heavy atom. The van der Waals surface area contributed by atoms with E-state index < -0.39 is 23.5 Å². The van der Waals surface area contributed by atoms with E-state index in [9.17, 15) is 19.5 Å². The smallest absolute Gasteiger partial charge is 0.412 e. The molecule has 0 saturated heterocycles. The van der Waals surface area contributed by atoms with Crippen molar-refractivity contribution in [1.82, 2.24) is 10.3 Å². The van der Waals surface area contributed by atoms with Gasteiger partial charge in [0.2, 0.25) is 0 Å². The van der Waals surface area contributed by atoms with Crippen molar-refractivity contribution in [2.45, 2.75) is 31.7 Å². The van der Waals surface area contributed by atoms with Crippen LogP contribution in [0.3, 0.4) is 0 Å². The van der Waals surface area contributed by atoms with Gasteiger partial charge in [0, 0.05) is 5.92 Å². The van der Waals surface area contributed by atoms with Crippen LogP contribution in [0.15, 0.2) is 66.7 Å². The Hall–Kier alpha value is -4.20. The third kappa shape index (κ3) is 4.47. The maximum absolute atomic E-state index is 12.5. The Morgan fingerprint density at radius 1 is 0.971 bits per heavy atom. The third-order valence-corrected chi connectivity index (χ3v) is 6.12. The van der Waals surface area contributed by atoms with Gasteiger partial charge < -0.3 is 15.2 Å². The molecule has 0 aliphatic heterocycles. The zero-order chi connectivity index (χ0) is 24.3. The lowest BCUT2D eigenvalue weighted by Gasteiger charge is -2.24. The molecule has 34 heavy (non-hydrogen) atoms. The van der Waals surface area contributed by atoms with Crippen LogP contribution in [0.4, 0.5) is 10.6 Å². The lowest BCUT2D eigenvalue weighted by molar-refractivity contribution is -0.143. The lowest BCUT2D eigenvalue weighted by Crippen LogP contribution is -2.51. The summed E-state index contributed by atoms with van der Waals surface area (Å²) in [6.07, 6.45) is -0.498. The van der Waals surface area contributed by atoms with Crippen LogP contribution in [0.25, 0.3) is 11.1 Å². The average Bonchev–Trinajstić information content (AvgIpc) is 3.16. The first-order chi connectivity index (χ1) is 16.3. The second-order valence-electron chi connectivity index (χ2n) is 8.30. The van der Waals surface area contributed by atoms with E-state index in [1.165, 1.54) is 19.1 Å². The van der Waals surface area contributed by atoms with Gasteiger partial charge in [0.15, 0.2) is 0 Å². The molecule has 1 aliphatic rings. The van der Waals surface area contributed by atoms with E-state index in [1.54, 1.807) is 13.0 Å². The van der Waals surface area contributed by atoms with Crippen LogP contribution < -0.4 is 10.6 Å². The minimum Gasteiger partial charge on any atom is -0.480 e. The highest BCUT2D eigenvalue weighted by molar-refractivity contribution is 5.97. The highest BCUT2D eigenvalue weighted by Gasteiger charge is 2.33. The summed E-state index contributed by atoms with van der Waals surface area (Å²) in [5, 5.41) is 14.4. The molecule has 3 aromatic rings. The number of benzene rings is 2. The van der Waals surface area contributed by atoms with Crippen LogP contribution in [0.2, 0.25) is 0 Å². The van der Waals surface area contributed by atoms with Gasteiger partial charge in [0.25, 0.3) is 5.91 Å². The van der Waals surface area contributed by atoms with Gasteiger partial charge in [0.1, 0.15) is 23.7 Å². The zero-order valence-electron chi connectivity index (χ0n) is 18.9. The molecule has 1 unspecified atom stereocenters. The molecule has 0 fully saturated rings. The number of ether oxygens (including phenoxy) is 1. The van der Waals surface area contributed by atoms with E-state index in [4.69, 9.17) is 4.74 Å². The van der Waals surface area contributed by atoms with Crippen molar-refractivity contribution >= 4 is 23.8 Å². The van der Waals surface area contributed by atoms with Gasteiger partial charge in [-0.25, -0.2) is 14.6 Å². The number of aliphatic carboxylic acids is 1. The number of fused-ring (bicyclic) bond motifs is 3. The fourth-order valence-electron chi connectivity index (χ4n) is 3.98. The summed E-state index contributed by atoms with van der Waals surface area (Å²) >= 11 is 0. The average molecular weight is 460 g/mol. The fraction of sp³-hybridized carbons (Fsp3) is 0.231. The molecular formula is C26H25N3O5. The Kier molecular flexibility index (Phi) is 6.32. The van der Waals surface area contributed by atoms with E-state index in [1.807, 2.05) is 36.4 Å². The number of rotatable bonds is 7. The molecule has 0 bridgehead atoms. The standard InChI is InChI=1S/C26H25N3O5/c1-3-26(2,24(31)32)29-23(30)21-13-8-14-22(27-21)28-25(33)34-15-20-18-11-6-4-9-16(18)17-10-5-7-12-19(17)20/h4-14,20H,3,15H2,1-2H3,(H,29,30)(H,31,32)(H,27,28,33). The van der Waals surface area contributed by atoms with Crippen LogP contribution in [0, 0.1) is 0 Å². The number of nitrogens with one attached hydrogen (secondary N) is 2. The number of pyridine rings is 1. The Balaban J connectivity index is 1.42. The van der Waals surface area contributed by atoms with Gasteiger partial charge in [-0.15, -0.1) is 0 Å². The molecule has 8 nitrogen and oxygen atoms in total. The molecule has 2 aromatic carbocycles. The molecule has 1 heterocycles. The quantitative estimate of drug-likeness (QED) is 0.481. The van der Waals surface area contributed by atoms with E-state index in [0.717, 1.165) is 22.3 Å². The zero-order valence-corrected chi connectivity index (χ0v) is 18.9. The van der Waals surface area contributed by atoms with Crippen LogP contribution in [0.1, 0.15) is 47.8 Å². The molecule has 174 valence electrons. The Bertz CT molecular complexity index is 1210. The van der Waals surface area contributed by atoms with Crippen molar-refractivity contribution in [2.75, 3.05) is 11.9 Å². The fourth-order valence-corrected chi connectivity index (χ4v) is 3.98. The maximum atomic E-state index is 12.5. The van der Waals surface area contributed by atoms with E-state index in [0.29, 0.717) is 0 Å². The Morgan fingerprint density at radius 2 is 1.59 bits per heavy atom. The molecule has 2 amide bonds. The number of nitrogens with zero attached hydrogens (tertiary/aromatic N) is 1. The van der Waals surface area contributed by atoms with Gasteiger partial charge in [-0.2, -0.15) is 0 Å². The number of carbonyl (C=O) groups is 3. The monoisotopic (exact) mass is 459 g/mol. The lowest BCUT2D eigenvalue weighted by atomic mass is 9.98. The number of carboxylic acids is 1. The first-order valence-corrected chi connectivity index (χ1v) is 11.0. The predicted octanol–water partition coefficient (Wildman–Crippen LogP) is 4.43. The van der Waals surface area contributed by atoms with Gasteiger partial charge in [-0.05, 0) is 47.7 Å². The number of carboxylic acid groups (broad SMARTS) is 1. The second-order valence-corrected chi connectivity index (χ2v) is 8.30. The van der Waals surface area contributed by atoms with Gasteiger partial charge in [-0.3, -0.25) is 10.1 Å². The predicted molar refractivity (Wildman–Crippen MR) is 127 cm³/mol. The number of anilines is 1. The third-order valence-electron chi connectivity index (χ3n) is 6.12. The summed E-state index contributed by atoms with van der Waals surface area (Å²) in [4.78, 5) is 40.6. The summed E-state index contributed by atoms with van der Waals surface area (Å²) in [7, 11) is 0. The van der Waals surface area contributed by atoms with Crippen molar-refractivity contribution in [3.8, 4) is 11.1 Å². The maximum Gasteiger partial charge on any atom is 0.412 e. The molecule has 4 rings (SSSR count). The molecule has 3 N–H and O–H groups in total. The topological polar surface area (TPSA) is 118 Å². The SMILES string of the molecule is CCC(C)(NC(=O)c1cccc(NC(=O)OCC2c3ccccc3-c3ccccc32)n1)C(=O)O. The van der Waals surface area contributed by atoms with Gasteiger partial charge in [0.05, 0.1) is 0 Å². The summed E-state index contributed by atoms with van der Waals surface area (Å²) in [6.45, 7) is 3.23. The van der Waals surface area contributed by atoms with Crippen LogP contribution >= 0.6 is 0 Å². The number of amides is 2. The summed E-state index contributed by atoms with van der Waals surface area (Å²) in [5.41, 5.74) is 3.03. The normalized spacial score (nSPS) is 13.8. The first kappa shape index (κ1) is 23.0. The molecule has 1 aliphatic carbocycles. The van der Waals surface area contributed by atoms with Crippen molar-refractivity contribution in [2.24, 2.45) is 0 Å². The van der Waals surface area contributed by atoms with Crippen LogP contribution in [-0.4, -0.2) is 40.2 Å². The number of aromatic nitrogens is 1. The minimum atomic E-state index is -1.42. The van der Waals surface area contributed by atoms with Crippen LogP contribution in [-0.2, 0) is 9.53 Å². The van der Waals surface area contributed by atoms with Crippen LogP contribution in [0.5, 0.6) is 0 Å². The Labute approximate surface area is 197 Å². The molecule has 0 radical (unpaired) electrons. The van der Waals surface area contributed by atoms with Crippen molar-refractivity contribution in [3.63, 3.8) is 0 Å². The summed E-state index contributed by atoms with van der Waals surface area (Å²) in [5.74, 6) is -1.75. The molecule has 8 heteroatoms. The summed E-state index contributed by atoms with van der Waals surface area (Å²) < 4.78 is 5.51. The van der Waals surface area contributed by atoms with Crippen molar-refractivity contribution in [1.29, 1.82) is 0 Å². The number of hydrogen-bond acceptors (Lipinski definition) is 5. The number of carbonyl (C=O) groups excluding carboxylic acids is 2. The minimum absolute atomic E-state index is 0.0163. The largest absolute Gasteiger partial charge is 0.480 e. The number of hydrogen-bond donors (Lipinski definition) is 3. The molecule has 1 aromatic heterocycles. The van der Waals surface area contributed by atoms with Gasteiger partial charge >= 0.3 is 12.1 Å². The van der Waals surface area contributed by atoms with E-state index in [-0.39, 0.29) is 30.5 Å². The molecular weight excluding hydrogens is 434 g/mol. The van der Waals surface area contributed by atoms with Crippen molar-refractivity contribution in [3.05, 3.63) is 83.6 Å². The summed E-state index contributed by atoms with van der Waals surface area (Å²) in [6, 6.07) is 20.6. The highest BCUT2D eigenvalue weighted by Crippen LogP contribution is 2.44. The second kappa shape index (κ2) is 9.35. The van der Waals surface area contributed by atoms with Gasteiger partial charge in [-0.1, -0.05) is 61.5 Å². The molecule has 0 spiro atoms. The highest BCUT2D eigenvalue weighted by atomic mass is 16.5. The first-order valence-electron chi connectivity index (χ1n) is 11.0. The van der Waals surface area contributed by atoms with E-state index >= 15 is 0 Å². The molecule has 0 saturated carbocycles. The molecule has 1 atom stereocenters.